The summed E-state index contributed by atoms with van der Waals surface area (Å²) < 4.78 is 5.03. The summed E-state index contributed by atoms with van der Waals surface area (Å²) in [5.41, 5.74) is -0.920. The Morgan fingerprint density at radius 1 is 1.10 bits per heavy atom. The molecule has 1 saturated carbocycles. The topological polar surface area (TPSA) is 99.3 Å². The highest BCUT2D eigenvalue weighted by Crippen LogP contribution is 2.40. The monoisotopic (exact) mass is 406 g/mol. The molecule has 0 aromatic heterocycles. The molecule has 4 rings (SSSR count). The Labute approximate surface area is 170 Å². The highest BCUT2D eigenvalue weighted by molar-refractivity contribution is 6.07. The third-order valence-electron chi connectivity index (χ3n) is 6.90. The average Bonchev–Trinajstić information content (AvgIpc) is 3.39. The Morgan fingerprint density at radius 2 is 1.72 bits per heavy atom. The van der Waals surface area contributed by atoms with E-state index in [1.807, 2.05) is 4.90 Å². The quantitative estimate of drug-likeness (QED) is 0.710. The van der Waals surface area contributed by atoms with Gasteiger partial charge in [-0.2, -0.15) is 0 Å². The van der Waals surface area contributed by atoms with Gasteiger partial charge in [-0.3, -0.25) is 14.5 Å². The number of piperidine rings is 2. The minimum Gasteiger partial charge on any atom is -0.450 e. The van der Waals surface area contributed by atoms with Crippen molar-refractivity contribution in [1.82, 2.24) is 20.0 Å². The third kappa shape index (κ3) is 3.55. The molecular weight excluding hydrogens is 376 g/mol. The summed E-state index contributed by atoms with van der Waals surface area (Å²) >= 11 is 0. The fourth-order valence-electron chi connectivity index (χ4n) is 4.84. The Kier molecular flexibility index (Phi) is 5.16. The van der Waals surface area contributed by atoms with E-state index in [4.69, 9.17) is 4.74 Å². The van der Waals surface area contributed by atoms with Gasteiger partial charge in [0.1, 0.15) is 5.54 Å². The molecule has 2 atom stereocenters. The first-order valence-corrected chi connectivity index (χ1v) is 10.7. The van der Waals surface area contributed by atoms with E-state index in [0.717, 1.165) is 6.42 Å². The minimum atomic E-state index is -0.920. The molecule has 160 valence electrons. The second-order valence-electron chi connectivity index (χ2n) is 8.75. The molecule has 9 heteroatoms. The molecule has 1 aliphatic carbocycles. The number of carbonyl (C=O) groups excluding carboxylic acids is 4. The van der Waals surface area contributed by atoms with Gasteiger partial charge in [-0.1, -0.05) is 6.92 Å². The van der Waals surface area contributed by atoms with Crippen LogP contribution >= 0.6 is 0 Å². The van der Waals surface area contributed by atoms with Gasteiger partial charge in [0.05, 0.1) is 6.61 Å². The molecule has 3 saturated heterocycles. The summed E-state index contributed by atoms with van der Waals surface area (Å²) in [5, 5.41) is 2.90. The molecule has 0 radical (unpaired) electrons. The zero-order chi connectivity index (χ0) is 20.8. The van der Waals surface area contributed by atoms with Crippen LogP contribution in [0.4, 0.5) is 9.59 Å². The van der Waals surface area contributed by atoms with Gasteiger partial charge < -0.3 is 19.9 Å². The lowest BCUT2D eigenvalue weighted by atomic mass is 9.87. The second kappa shape index (κ2) is 7.50. The first-order chi connectivity index (χ1) is 13.9. The van der Waals surface area contributed by atoms with E-state index in [1.54, 1.807) is 11.8 Å². The van der Waals surface area contributed by atoms with Crippen molar-refractivity contribution >= 4 is 23.9 Å². The van der Waals surface area contributed by atoms with Gasteiger partial charge >= 0.3 is 12.1 Å². The van der Waals surface area contributed by atoms with E-state index in [-0.39, 0.29) is 35.9 Å². The fraction of sp³-hybridized carbons (Fsp3) is 0.800. The van der Waals surface area contributed by atoms with E-state index < -0.39 is 5.54 Å². The van der Waals surface area contributed by atoms with Crippen LogP contribution in [0.15, 0.2) is 0 Å². The summed E-state index contributed by atoms with van der Waals surface area (Å²) in [4.78, 5) is 55.0. The Morgan fingerprint density at radius 3 is 2.28 bits per heavy atom. The largest absolute Gasteiger partial charge is 0.450 e. The maximum absolute atomic E-state index is 13.2. The van der Waals surface area contributed by atoms with Crippen LogP contribution in [0, 0.1) is 11.8 Å². The number of hydrogen-bond acceptors (Lipinski definition) is 5. The van der Waals surface area contributed by atoms with E-state index >= 15 is 0 Å². The fourth-order valence-corrected chi connectivity index (χ4v) is 4.84. The van der Waals surface area contributed by atoms with Gasteiger partial charge in [-0.15, -0.1) is 0 Å². The number of ether oxygens (including phenoxy) is 1. The Balaban J connectivity index is 1.34. The van der Waals surface area contributed by atoms with Crippen molar-refractivity contribution < 1.29 is 23.9 Å². The van der Waals surface area contributed by atoms with Crippen molar-refractivity contribution in [3.05, 3.63) is 0 Å². The van der Waals surface area contributed by atoms with Gasteiger partial charge in [0.15, 0.2) is 0 Å². The highest BCUT2D eigenvalue weighted by Gasteiger charge is 2.55. The Hall–Kier alpha value is -2.32. The normalized spacial score (nSPS) is 29.2. The number of likely N-dealkylation sites (tertiary alicyclic amines) is 2. The van der Waals surface area contributed by atoms with Gasteiger partial charge in [-0.05, 0) is 44.9 Å². The van der Waals surface area contributed by atoms with E-state index in [2.05, 4.69) is 12.2 Å². The minimum absolute atomic E-state index is 0.163. The molecule has 0 bridgehead atoms. The molecule has 29 heavy (non-hydrogen) atoms. The van der Waals surface area contributed by atoms with Gasteiger partial charge in [0, 0.05) is 38.1 Å². The van der Waals surface area contributed by atoms with E-state index in [0.29, 0.717) is 64.4 Å². The van der Waals surface area contributed by atoms with Crippen LogP contribution in [0.2, 0.25) is 0 Å². The SMILES string of the molecule is CCOC(=O)N1CCC2(CC1)NC(=O)N(C1CCN(C(=O)[C@H]3C[C@@H]3C)CC1)C2=O. The van der Waals surface area contributed by atoms with Crippen LogP contribution in [0.25, 0.3) is 0 Å². The van der Waals surface area contributed by atoms with Crippen LogP contribution in [0.1, 0.15) is 46.0 Å². The number of rotatable bonds is 3. The number of amides is 5. The van der Waals surface area contributed by atoms with Crippen molar-refractivity contribution in [3.63, 3.8) is 0 Å². The van der Waals surface area contributed by atoms with Gasteiger partial charge in [-0.25, -0.2) is 9.59 Å². The lowest BCUT2D eigenvalue weighted by molar-refractivity contribution is -0.137. The average molecular weight is 406 g/mol. The summed E-state index contributed by atoms with van der Waals surface area (Å²) in [7, 11) is 0. The number of urea groups is 1. The van der Waals surface area contributed by atoms with Crippen LogP contribution in [0.5, 0.6) is 0 Å². The molecule has 0 unspecified atom stereocenters. The molecule has 3 heterocycles. The number of hydrogen-bond donors (Lipinski definition) is 1. The third-order valence-corrected chi connectivity index (χ3v) is 6.90. The standard InChI is InChI=1S/C20H30N4O5/c1-3-29-19(28)23-10-6-20(7-11-23)17(26)24(18(27)21-20)14-4-8-22(9-5-14)16(25)15-12-13(15)2/h13-15H,3-12H2,1-2H3,(H,21,27)/t13-,15-/m0/s1. The van der Waals surface area contributed by atoms with Crippen molar-refractivity contribution in [1.29, 1.82) is 0 Å². The van der Waals surface area contributed by atoms with Crippen molar-refractivity contribution in [2.75, 3.05) is 32.8 Å². The zero-order valence-electron chi connectivity index (χ0n) is 17.2. The molecule has 3 aliphatic heterocycles. The van der Waals surface area contributed by atoms with Crippen LogP contribution in [0.3, 0.4) is 0 Å². The number of imide groups is 1. The summed E-state index contributed by atoms with van der Waals surface area (Å²) in [6.45, 7) is 6.10. The molecule has 5 amide bonds. The number of carbonyl (C=O) groups is 4. The number of nitrogens with zero attached hydrogens (tertiary/aromatic N) is 3. The predicted octanol–water partition coefficient (Wildman–Crippen LogP) is 1.18. The summed E-state index contributed by atoms with van der Waals surface area (Å²) in [6.07, 6.45) is 2.62. The molecule has 9 nitrogen and oxygen atoms in total. The van der Waals surface area contributed by atoms with Crippen molar-refractivity contribution in [3.8, 4) is 0 Å². The van der Waals surface area contributed by atoms with Crippen LogP contribution in [-0.4, -0.2) is 83.0 Å². The van der Waals surface area contributed by atoms with Crippen LogP contribution in [-0.2, 0) is 14.3 Å². The highest BCUT2D eigenvalue weighted by atomic mass is 16.6. The van der Waals surface area contributed by atoms with Gasteiger partial charge in [0.2, 0.25) is 5.91 Å². The first-order valence-electron chi connectivity index (χ1n) is 10.7. The summed E-state index contributed by atoms with van der Waals surface area (Å²) in [5.74, 6) is 0.671. The molecule has 1 N–H and O–H groups in total. The van der Waals surface area contributed by atoms with E-state index in [1.165, 1.54) is 4.90 Å². The molecule has 1 spiro atoms. The second-order valence-corrected chi connectivity index (χ2v) is 8.75. The lowest BCUT2D eigenvalue weighted by Crippen LogP contribution is -2.56. The summed E-state index contributed by atoms with van der Waals surface area (Å²) in [6, 6.07) is -0.522. The first kappa shape index (κ1) is 20.0. The molecule has 0 aromatic rings. The molecule has 4 fully saturated rings. The lowest BCUT2D eigenvalue weighted by Gasteiger charge is -2.38. The smallest absolute Gasteiger partial charge is 0.409 e. The van der Waals surface area contributed by atoms with Crippen LogP contribution < -0.4 is 5.32 Å². The van der Waals surface area contributed by atoms with Gasteiger partial charge in [0.25, 0.3) is 5.91 Å². The molecule has 4 aliphatic rings. The Bertz CT molecular complexity index is 710. The number of nitrogens with one attached hydrogen (secondary N) is 1. The van der Waals surface area contributed by atoms with Crippen molar-refractivity contribution in [2.45, 2.75) is 57.5 Å². The molecular formula is C20H30N4O5. The molecule has 0 aromatic carbocycles. The predicted molar refractivity (Wildman–Crippen MR) is 103 cm³/mol. The van der Waals surface area contributed by atoms with E-state index in [9.17, 15) is 19.2 Å². The zero-order valence-corrected chi connectivity index (χ0v) is 17.2. The maximum atomic E-state index is 13.2. The van der Waals surface area contributed by atoms with Crippen molar-refractivity contribution in [2.24, 2.45) is 11.8 Å². The maximum Gasteiger partial charge on any atom is 0.409 e.